The molecule has 0 aromatic heterocycles. The van der Waals surface area contributed by atoms with Gasteiger partial charge in [0.25, 0.3) is 0 Å². The van der Waals surface area contributed by atoms with E-state index in [9.17, 15) is 0 Å². The van der Waals surface area contributed by atoms with Gasteiger partial charge in [0, 0.05) is 12.6 Å². The Balaban J connectivity index is 2.01. The summed E-state index contributed by atoms with van der Waals surface area (Å²) < 4.78 is 6.12. The van der Waals surface area contributed by atoms with E-state index >= 15 is 0 Å². The predicted octanol–water partition coefficient (Wildman–Crippen LogP) is 3.63. The summed E-state index contributed by atoms with van der Waals surface area (Å²) in [6, 6.07) is 0.281. The first-order valence-electron chi connectivity index (χ1n) is 7.68. The van der Waals surface area contributed by atoms with Crippen molar-refractivity contribution in [2.75, 3.05) is 6.61 Å². The first-order valence-corrected chi connectivity index (χ1v) is 7.68. The van der Waals surface area contributed by atoms with Crippen LogP contribution in [0.1, 0.15) is 71.1 Å². The van der Waals surface area contributed by atoms with Crippen LogP contribution in [0.2, 0.25) is 0 Å². The van der Waals surface area contributed by atoms with Crippen molar-refractivity contribution in [2.24, 2.45) is 11.7 Å². The maximum absolute atomic E-state index is 6.62. The highest BCUT2D eigenvalue weighted by Crippen LogP contribution is 2.40. The fourth-order valence-corrected chi connectivity index (χ4v) is 3.93. The standard InChI is InChI=1S/C15H29NO/c1-2-17-15(11-7-8-12-15)14(16)13-9-5-3-4-6-10-13/h13-14H,2-12,16H2,1H3. The molecule has 0 heterocycles. The highest BCUT2D eigenvalue weighted by molar-refractivity contribution is 4.98. The molecule has 100 valence electrons. The zero-order valence-electron chi connectivity index (χ0n) is 11.4. The molecular formula is C15H29NO. The van der Waals surface area contributed by atoms with Gasteiger partial charge in [-0.25, -0.2) is 0 Å². The first-order chi connectivity index (χ1) is 8.28. The van der Waals surface area contributed by atoms with Crippen LogP contribution in [0.25, 0.3) is 0 Å². The van der Waals surface area contributed by atoms with Crippen molar-refractivity contribution in [2.45, 2.75) is 82.8 Å². The van der Waals surface area contributed by atoms with Gasteiger partial charge in [-0.05, 0) is 38.5 Å². The van der Waals surface area contributed by atoms with Gasteiger partial charge in [-0.1, -0.05) is 38.5 Å². The molecule has 0 aliphatic heterocycles. The Morgan fingerprint density at radius 1 is 1.06 bits per heavy atom. The molecule has 0 spiro atoms. The molecule has 0 amide bonds. The molecule has 2 fully saturated rings. The second-order valence-corrected chi connectivity index (χ2v) is 5.98. The molecule has 2 aliphatic rings. The largest absolute Gasteiger partial charge is 0.374 e. The third-order valence-electron chi connectivity index (χ3n) is 4.90. The van der Waals surface area contributed by atoms with E-state index in [2.05, 4.69) is 6.92 Å². The lowest BCUT2D eigenvalue weighted by Crippen LogP contribution is -2.52. The van der Waals surface area contributed by atoms with E-state index in [-0.39, 0.29) is 11.6 Å². The second kappa shape index (κ2) is 6.19. The molecule has 0 bridgehead atoms. The fraction of sp³-hybridized carbons (Fsp3) is 1.00. The van der Waals surface area contributed by atoms with Crippen LogP contribution in [0, 0.1) is 5.92 Å². The smallest absolute Gasteiger partial charge is 0.0835 e. The topological polar surface area (TPSA) is 35.2 Å². The average Bonchev–Trinajstić information content (AvgIpc) is 2.65. The summed E-state index contributed by atoms with van der Waals surface area (Å²) in [6.45, 7) is 2.93. The van der Waals surface area contributed by atoms with Crippen molar-refractivity contribution >= 4 is 0 Å². The summed E-state index contributed by atoms with van der Waals surface area (Å²) >= 11 is 0. The van der Waals surface area contributed by atoms with Crippen LogP contribution in [0.15, 0.2) is 0 Å². The van der Waals surface area contributed by atoms with E-state index in [4.69, 9.17) is 10.5 Å². The van der Waals surface area contributed by atoms with Crippen molar-refractivity contribution in [3.8, 4) is 0 Å². The zero-order valence-corrected chi connectivity index (χ0v) is 11.4. The lowest BCUT2D eigenvalue weighted by Gasteiger charge is -2.39. The van der Waals surface area contributed by atoms with Crippen LogP contribution in [0.5, 0.6) is 0 Å². The molecule has 0 saturated heterocycles. The van der Waals surface area contributed by atoms with Crippen LogP contribution >= 0.6 is 0 Å². The molecule has 1 unspecified atom stereocenters. The molecule has 1 atom stereocenters. The summed E-state index contributed by atoms with van der Waals surface area (Å²) in [5, 5.41) is 0. The van der Waals surface area contributed by atoms with E-state index in [0.717, 1.165) is 6.61 Å². The van der Waals surface area contributed by atoms with Crippen molar-refractivity contribution in [1.29, 1.82) is 0 Å². The molecule has 2 aliphatic carbocycles. The lowest BCUT2D eigenvalue weighted by atomic mass is 9.80. The zero-order chi connectivity index (χ0) is 12.1. The Kier molecular flexibility index (Phi) is 4.87. The Hall–Kier alpha value is -0.0800. The number of nitrogens with two attached hydrogens (primary N) is 1. The average molecular weight is 239 g/mol. The minimum absolute atomic E-state index is 0.0315. The lowest BCUT2D eigenvalue weighted by molar-refractivity contribution is -0.0668. The van der Waals surface area contributed by atoms with Crippen molar-refractivity contribution in [3.05, 3.63) is 0 Å². The minimum atomic E-state index is 0.0315. The highest BCUT2D eigenvalue weighted by atomic mass is 16.5. The number of rotatable bonds is 4. The van der Waals surface area contributed by atoms with Gasteiger partial charge in [-0.15, -0.1) is 0 Å². The predicted molar refractivity (Wildman–Crippen MR) is 72.0 cm³/mol. The molecule has 0 aromatic carbocycles. The van der Waals surface area contributed by atoms with E-state index in [1.54, 1.807) is 0 Å². The molecule has 2 nitrogen and oxygen atoms in total. The van der Waals surface area contributed by atoms with Crippen molar-refractivity contribution < 1.29 is 4.74 Å². The maximum atomic E-state index is 6.62. The molecule has 0 aromatic rings. The van der Waals surface area contributed by atoms with Crippen molar-refractivity contribution in [1.82, 2.24) is 0 Å². The molecule has 2 N–H and O–H groups in total. The number of hydrogen-bond acceptors (Lipinski definition) is 2. The van der Waals surface area contributed by atoms with Gasteiger partial charge in [-0.2, -0.15) is 0 Å². The quantitative estimate of drug-likeness (QED) is 0.760. The summed E-state index contributed by atoms with van der Waals surface area (Å²) in [5.74, 6) is 0.710. The summed E-state index contributed by atoms with van der Waals surface area (Å²) in [6.07, 6.45) is 13.2. The summed E-state index contributed by atoms with van der Waals surface area (Å²) in [7, 11) is 0. The van der Waals surface area contributed by atoms with Crippen LogP contribution in [0.3, 0.4) is 0 Å². The van der Waals surface area contributed by atoms with Crippen LogP contribution < -0.4 is 5.73 Å². The molecule has 17 heavy (non-hydrogen) atoms. The Morgan fingerprint density at radius 3 is 2.18 bits per heavy atom. The van der Waals surface area contributed by atoms with Gasteiger partial charge in [-0.3, -0.25) is 0 Å². The summed E-state index contributed by atoms with van der Waals surface area (Å²) in [4.78, 5) is 0. The van der Waals surface area contributed by atoms with Gasteiger partial charge >= 0.3 is 0 Å². The normalized spacial score (nSPS) is 27.9. The molecular weight excluding hydrogens is 210 g/mol. The summed E-state index contributed by atoms with van der Waals surface area (Å²) in [5.41, 5.74) is 6.65. The van der Waals surface area contributed by atoms with Crippen molar-refractivity contribution in [3.63, 3.8) is 0 Å². The van der Waals surface area contributed by atoms with Gasteiger partial charge in [0.15, 0.2) is 0 Å². The minimum Gasteiger partial charge on any atom is -0.374 e. The molecule has 0 radical (unpaired) electrons. The van der Waals surface area contributed by atoms with Crippen LogP contribution in [-0.2, 0) is 4.74 Å². The Morgan fingerprint density at radius 2 is 1.65 bits per heavy atom. The highest BCUT2D eigenvalue weighted by Gasteiger charge is 2.43. The van der Waals surface area contributed by atoms with Gasteiger partial charge in [0.05, 0.1) is 5.60 Å². The monoisotopic (exact) mass is 239 g/mol. The van der Waals surface area contributed by atoms with Crippen LogP contribution in [-0.4, -0.2) is 18.2 Å². The van der Waals surface area contributed by atoms with Crippen LogP contribution in [0.4, 0.5) is 0 Å². The molecule has 2 rings (SSSR count). The first kappa shape index (κ1) is 13.4. The molecule has 2 saturated carbocycles. The van der Waals surface area contributed by atoms with Gasteiger partial charge in [0.2, 0.25) is 0 Å². The van der Waals surface area contributed by atoms with E-state index in [1.807, 2.05) is 0 Å². The number of ether oxygens (including phenoxy) is 1. The van der Waals surface area contributed by atoms with Gasteiger partial charge < -0.3 is 10.5 Å². The Bertz CT molecular complexity index is 215. The van der Waals surface area contributed by atoms with E-state index in [0.29, 0.717) is 5.92 Å². The van der Waals surface area contributed by atoms with Gasteiger partial charge in [0.1, 0.15) is 0 Å². The maximum Gasteiger partial charge on any atom is 0.0835 e. The number of hydrogen-bond donors (Lipinski definition) is 1. The third kappa shape index (κ3) is 3.03. The van der Waals surface area contributed by atoms with E-state index in [1.165, 1.54) is 64.2 Å². The fourth-order valence-electron chi connectivity index (χ4n) is 3.93. The Labute approximate surface area is 106 Å². The third-order valence-corrected chi connectivity index (χ3v) is 4.90. The van der Waals surface area contributed by atoms with E-state index < -0.39 is 0 Å². The second-order valence-electron chi connectivity index (χ2n) is 5.98. The SMILES string of the molecule is CCOC1(C(N)C2CCCCCC2)CCCC1. The molecule has 2 heteroatoms.